The predicted molar refractivity (Wildman–Crippen MR) is 35.0 cm³/mol. The first-order chi connectivity index (χ1) is 3.19. The molecule has 0 amide bonds. The molecule has 0 aromatic carbocycles. The van der Waals surface area contributed by atoms with Crippen LogP contribution in [0.5, 0.6) is 0 Å². The van der Waals surface area contributed by atoms with E-state index in [0.717, 1.165) is 6.42 Å². The number of aliphatic hydroxyl groups excluding tert-OH is 1. The van der Waals surface area contributed by atoms with Gasteiger partial charge in [-0.05, 0) is 12.3 Å². The van der Waals surface area contributed by atoms with Crippen LogP contribution in [0.15, 0.2) is 0 Å². The van der Waals surface area contributed by atoms with Crippen LogP contribution in [-0.4, -0.2) is 17.3 Å². The van der Waals surface area contributed by atoms with Crippen molar-refractivity contribution in [2.24, 2.45) is 11.7 Å². The van der Waals surface area contributed by atoms with Crippen LogP contribution in [0.2, 0.25) is 0 Å². The highest BCUT2D eigenvalue weighted by Crippen LogP contribution is 2.39. The molecule has 1 unspecified atom stereocenters. The lowest BCUT2D eigenvalue weighted by atomic mass is 10.3. The molecular formula is C5H12ClNO. The minimum atomic E-state index is -0.194. The maximum Gasteiger partial charge on any atom is 0.0613 e. The zero-order valence-electron chi connectivity index (χ0n) is 4.92. The normalized spacial score (nSPS) is 43.1. The maximum atomic E-state index is 8.51. The van der Waals surface area contributed by atoms with Gasteiger partial charge < -0.3 is 10.8 Å². The van der Waals surface area contributed by atoms with Crippen LogP contribution < -0.4 is 5.73 Å². The minimum absolute atomic E-state index is 0. The van der Waals surface area contributed by atoms with Crippen LogP contribution in [0.1, 0.15) is 13.3 Å². The minimum Gasteiger partial charge on any atom is -0.394 e. The standard InChI is InChI=1S/C5H11NO.ClH/c1-4-2-5(4,6)3-7;/h4,7H,2-3,6H2,1H3;1H/t4?,5-;/m0./s1. The number of hydrogen-bond acceptors (Lipinski definition) is 2. The largest absolute Gasteiger partial charge is 0.394 e. The number of hydrogen-bond donors (Lipinski definition) is 2. The number of aliphatic hydroxyl groups is 1. The fourth-order valence-corrected chi connectivity index (χ4v) is 0.732. The van der Waals surface area contributed by atoms with Gasteiger partial charge in [0, 0.05) is 5.54 Å². The van der Waals surface area contributed by atoms with Gasteiger partial charge in [-0.25, -0.2) is 0 Å². The zero-order chi connectivity index (χ0) is 5.49. The highest BCUT2D eigenvalue weighted by Gasteiger charge is 2.46. The molecule has 8 heavy (non-hydrogen) atoms. The Labute approximate surface area is 55.5 Å². The summed E-state index contributed by atoms with van der Waals surface area (Å²) >= 11 is 0. The second kappa shape index (κ2) is 2.21. The summed E-state index contributed by atoms with van der Waals surface area (Å²) in [7, 11) is 0. The molecule has 0 spiro atoms. The molecule has 1 fully saturated rings. The average Bonchev–Trinajstić information content (AvgIpc) is 2.18. The predicted octanol–water partition coefficient (Wildman–Crippen LogP) is 0.138. The maximum absolute atomic E-state index is 8.51. The van der Waals surface area contributed by atoms with Gasteiger partial charge in [0.15, 0.2) is 0 Å². The van der Waals surface area contributed by atoms with Crippen molar-refractivity contribution in [3.8, 4) is 0 Å². The quantitative estimate of drug-likeness (QED) is 0.540. The Morgan fingerprint density at radius 2 is 2.25 bits per heavy atom. The van der Waals surface area contributed by atoms with Crippen molar-refractivity contribution in [3.05, 3.63) is 0 Å². The van der Waals surface area contributed by atoms with Crippen LogP contribution in [0.25, 0.3) is 0 Å². The summed E-state index contributed by atoms with van der Waals surface area (Å²) in [6, 6.07) is 0. The van der Waals surface area contributed by atoms with E-state index in [1.807, 2.05) is 0 Å². The number of nitrogens with two attached hydrogens (primary N) is 1. The smallest absolute Gasteiger partial charge is 0.0613 e. The van der Waals surface area contributed by atoms with E-state index in [0.29, 0.717) is 5.92 Å². The van der Waals surface area contributed by atoms with Crippen molar-refractivity contribution in [2.75, 3.05) is 6.61 Å². The van der Waals surface area contributed by atoms with Gasteiger partial charge in [0.1, 0.15) is 0 Å². The summed E-state index contributed by atoms with van der Waals surface area (Å²) in [6.45, 7) is 2.20. The molecule has 0 heterocycles. The number of halogens is 1. The summed E-state index contributed by atoms with van der Waals surface area (Å²) in [5.74, 6) is 0.539. The van der Waals surface area contributed by atoms with Crippen LogP contribution in [0.3, 0.4) is 0 Å². The molecule has 3 heteroatoms. The molecule has 1 saturated carbocycles. The molecule has 0 saturated heterocycles. The summed E-state index contributed by atoms with van der Waals surface area (Å²) in [6.07, 6.45) is 0.990. The van der Waals surface area contributed by atoms with Crippen molar-refractivity contribution in [2.45, 2.75) is 18.9 Å². The zero-order valence-corrected chi connectivity index (χ0v) is 5.74. The van der Waals surface area contributed by atoms with Gasteiger partial charge >= 0.3 is 0 Å². The van der Waals surface area contributed by atoms with E-state index < -0.39 is 0 Å². The second-order valence-corrected chi connectivity index (χ2v) is 2.50. The van der Waals surface area contributed by atoms with Crippen molar-refractivity contribution in [3.63, 3.8) is 0 Å². The van der Waals surface area contributed by atoms with Gasteiger partial charge in [0.25, 0.3) is 0 Å². The molecule has 2 atom stereocenters. The van der Waals surface area contributed by atoms with Crippen molar-refractivity contribution < 1.29 is 5.11 Å². The first-order valence-corrected chi connectivity index (χ1v) is 2.59. The monoisotopic (exact) mass is 137 g/mol. The second-order valence-electron chi connectivity index (χ2n) is 2.50. The molecule has 1 aliphatic carbocycles. The first-order valence-electron chi connectivity index (χ1n) is 2.59. The number of rotatable bonds is 1. The van der Waals surface area contributed by atoms with Crippen LogP contribution in [0, 0.1) is 5.92 Å². The SMILES string of the molecule is CC1C[C@]1(N)CO.Cl. The van der Waals surface area contributed by atoms with E-state index in [4.69, 9.17) is 10.8 Å². The Kier molecular flexibility index (Phi) is 2.27. The van der Waals surface area contributed by atoms with Crippen LogP contribution in [0.4, 0.5) is 0 Å². The van der Waals surface area contributed by atoms with Crippen molar-refractivity contribution >= 4 is 12.4 Å². The van der Waals surface area contributed by atoms with E-state index in [1.54, 1.807) is 0 Å². The van der Waals surface area contributed by atoms with Gasteiger partial charge in [-0.2, -0.15) is 0 Å². The summed E-state index contributed by atoms with van der Waals surface area (Å²) in [5.41, 5.74) is 5.34. The van der Waals surface area contributed by atoms with E-state index >= 15 is 0 Å². The molecule has 50 valence electrons. The third-order valence-corrected chi connectivity index (χ3v) is 1.80. The highest BCUT2D eigenvalue weighted by molar-refractivity contribution is 5.85. The lowest BCUT2D eigenvalue weighted by Crippen LogP contribution is -2.28. The molecule has 1 rings (SSSR count). The molecule has 2 nitrogen and oxygen atoms in total. The molecule has 0 aliphatic heterocycles. The molecular weight excluding hydrogens is 126 g/mol. The molecule has 0 aromatic rings. The van der Waals surface area contributed by atoms with E-state index in [2.05, 4.69) is 6.92 Å². The lowest BCUT2D eigenvalue weighted by Gasteiger charge is -2.00. The Balaban J connectivity index is 0.000000490. The van der Waals surface area contributed by atoms with Gasteiger partial charge in [-0.3, -0.25) is 0 Å². The van der Waals surface area contributed by atoms with E-state index in [-0.39, 0.29) is 24.6 Å². The topological polar surface area (TPSA) is 46.2 Å². The Morgan fingerprint density at radius 3 is 2.25 bits per heavy atom. The molecule has 0 bridgehead atoms. The lowest BCUT2D eigenvalue weighted by molar-refractivity contribution is 0.249. The molecule has 0 radical (unpaired) electrons. The molecule has 3 N–H and O–H groups in total. The van der Waals surface area contributed by atoms with Crippen molar-refractivity contribution in [1.29, 1.82) is 0 Å². The van der Waals surface area contributed by atoms with Crippen LogP contribution in [-0.2, 0) is 0 Å². The Hall–Kier alpha value is 0.210. The third-order valence-electron chi connectivity index (χ3n) is 1.80. The summed E-state index contributed by atoms with van der Waals surface area (Å²) < 4.78 is 0. The van der Waals surface area contributed by atoms with Gasteiger partial charge in [0.05, 0.1) is 6.61 Å². The third kappa shape index (κ3) is 1.13. The van der Waals surface area contributed by atoms with Crippen LogP contribution >= 0.6 is 12.4 Å². The fourth-order valence-electron chi connectivity index (χ4n) is 0.732. The summed E-state index contributed by atoms with van der Waals surface area (Å²) in [4.78, 5) is 0. The summed E-state index contributed by atoms with van der Waals surface area (Å²) in [5, 5.41) is 8.51. The molecule has 0 aromatic heterocycles. The van der Waals surface area contributed by atoms with Gasteiger partial charge in [0.2, 0.25) is 0 Å². The van der Waals surface area contributed by atoms with E-state index in [1.165, 1.54) is 0 Å². The highest BCUT2D eigenvalue weighted by atomic mass is 35.5. The fraction of sp³-hybridized carbons (Fsp3) is 1.00. The first kappa shape index (κ1) is 8.21. The van der Waals surface area contributed by atoms with E-state index in [9.17, 15) is 0 Å². The molecule has 1 aliphatic rings. The Morgan fingerprint density at radius 1 is 1.88 bits per heavy atom. The van der Waals surface area contributed by atoms with Gasteiger partial charge in [-0.1, -0.05) is 6.92 Å². The van der Waals surface area contributed by atoms with Gasteiger partial charge in [-0.15, -0.1) is 12.4 Å². The Bertz CT molecular complexity index is 84.5. The van der Waals surface area contributed by atoms with Crippen molar-refractivity contribution in [1.82, 2.24) is 0 Å². The average molecular weight is 138 g/mol.